The molecule has 2 heterocycles. The molecular formula is C24H29N7O. The largest absolute Gasteiger partial charge is 0.346 e. The van der Waals surface area contributed by atoms with Gasteiger partial charge in [0.25, 0.3) is 0 Å². The second kappa shape index (κ2) is 9.72. The van der Waals surface area contributed by atoms with E-state index >= 15 is 0 Å². The number of H-pyrrole nitrogens is 1. The third kappa shape index (κ3) is 4.85. The van der Waals surface area contributed by atoms with E-state index < -0.39 is 0 Å². The van der Waals surface area contributed by atoms with Crippen molar-refractivity contribution in [2.75, 3.05) is 0 Å². The van der Waals surface area contributed by atoms with Gasteiger partial charge in [-0.1, -0.05) is 69.7 Å². The summed E-state index contributed by atoms with van der Waals surface area (Å²) >= 11 is 0. The number of aromatic nitrogens is 7. The van der Waals surface area contributed by atoms with Gasteiger partial charge in [-0.2, -0.15) is 10.3 Å². The van der Waals surface area contributed by atoms with Gasteiger partial charge in [-0.3, -0.25) is 4.57 Å². The van der Waals surface area contributed by atoms with Gasteiger partial charge in [0.05, 0.1) is 6.54 Å². The van der Waals surface area contributed by atoms with Crippen molar-refractivity contribution in [2.24, 2.45) is 5.92 Å². The van der Waals surface area contributed by atoms with Crippen LogP contribution in [-0.4, -0.2) is 35.0 Å². The molecule has 0 unspecified atom stereocenters. The lowest BCUT2D eigenvalue weighted by atomic mass is 10.0. The molecule has 8 nitrogen and oxygen atoms in total. The van der Waals surface area contributed by atoms with E-state index in [0.717, 1.165) is 47.3 Å². The Morgan fingerprint density at radius 2 is 1.81 bits per heavy atom. The third-order valence-corrected chi connectivity index (χ3v) is 5.39. The number of nitrogens with zero attached hydrogens (tertiary/aromatic N) is 6. The summed E-state index contributed by atoms with van der Waals surface area (Å²) in [5, 5.41) is 18.9. The summed E-state index contributed by atoms with van der Waals surface area (Å²) in [6, 6.07) is 16.4. The van der Waals surface area contributed by atoms with E-state index in [4.69, 9.17) is 0 Å². The van der Waals surface area contributed by atoms with Crippen LogP contribution >= 0.6 is 0 Å². The lowest BCUT2D eigenvalue weighted by Gasteiger charge is -2.08. The maximum Gasteiger partial charge on any atom is 0.346 e. The van der Waals surface area contributed by atoms with E-state index in [2.05, 4.69) is 76.8 Å². The minimum absolute atomic E-state index is 0.0262. The molecule has 0 saturated heterocycles. The van der Waals surface area contributed by atoms with Gasteiger partial charge in [-0.25, -0.2) is 9.48 Å². The quantitative estimate of drug-likeness (QED) is 0.433. The molecule has 0 fully saturated rings. The maximum absolute atomic E-state index is 13.0. The van der Waals surface area contributed by atoms with Crippen molar-refractivity contribution in [1.82, 2.24) is 35.0 Å². The average Bonchev–Trinajstić information content (AvgIpc) is 3.43. The normalized spacial score (nSPS) is 11.4. The molecule has 0 atom stereocenters. The summed E-state index contributed by atoms with van der Waals surface area (Å²) < 4.78 is 3.44. The van der Waals surface area contributed by atoms with E-state index in [1.165, 1.54) is 0 Å². The first kappa shape index (κ1) is 21.7. The molecule has 0 bridgehead atoms. The van der Waals surface area contributed by atoms with Crippen LogP contribution in [0.25, 0.3) is 22.5 Å². The smallest absolute Gasteiger partial charge is 0.274 e. The predicted molar refractivity (Wildman–Crippen MR) is 124 cm³/mol. The van der Waals surface area contributed by atoms with E-state index in [9.17, 15) is 4.79 Å². The maximum atomic E-state index is 13.0. The number of tetrazole rings is 1. The molecule has 0 aliphatic heterocycles. The van der Waals surface area contributed by atoms with Crippen molar-refractivity contribution in [3.63, 3.8) is 0 Å². The Hall–Kier alpha value is -3.55. The van der Waals surface area contributed by atoms with Crippen molar-refractivity contribution >= 4 is 0 Å². The second-order valence-corrected chi connectivity index (χ2v) is 8.48. The molecule has 0 saturated carbocycles. The fourth-order valence-electron chi connectivity index (χ4n) is 3.74. The Morgan fingerprint density at radius 3 is 2.50 bits per heavy atom. The Labute approximate surface area is 187 Å². The third-order valence-electron chi connectivity index (χ3n) is 5.39. The SMILES string of the molecule is CCCCc1nn(CC(C)C)c(=O)n1Cc1ccc(-c2cccc(-c3nn[nH]n3)c2)cc1. The second-order valence-electron chi connectivity index (χ2n) is 8.48. The number of rotatable bonds is 9. The monoisotopic (exact) mass is 431 g/mol. The van der Waals surface area contributed by atoms with Crippen LogP contribution in [0.4, 0.5) is 0 Å². The molecule has 1 N–H and O–H groups in total. The number of aryl methyl sites for hydroxylation is 1. The summed E-state index contributed by atoms with van der Waals surface area (Å²) in [5.74, 6) is 1.81. The molecule has 166 valence electrons. The molecule has 2 aromatic carbocycles. The number of nitrogens with one attached hydrogen (secondary N) is 1. The number of unbranched alkanes of at least 4 members (excludes halogenated alkanes) is 1. The highest BCUT2D eigenvalue weighted by molar-refractivity contribution is 5.70. The van der Waals surface area contributed by atoms with Crippen LogP contribution < -0.4 is 5.69 Å². The molecule has 0 aliphatic carbocycles. The number of aromatic amines is 1. The Bertz CT molecular complexity index is 1200. The van der Waals surface area contributed by atoms with Crippen LogP contribution in [0.5, 0.6) is 0 Å². The highest BCUT2D eigenvalue weighted by atomic mass is 16.2. The standard InChI is InChI=1S/C24H29N7O/c1-4-5-9-22-27-31(15-17(2)3)24(32)30(22)16-18-10-12-19(13-11-18)20-7-6-8-21(14-20)23-25-28-29-26-23/h6-8,10-14,17H,4-5,9,15-16H2,1-3H3,(H,25,26,28,29). The fraction of sp³-hybridized carbons (Fsp3) is 0.375. The number of benzene rings is 2. The van der Waals surface area contributed by atoms with Crippen molar-refractivity contribution < 1.29 is 0 Å². The van der Waals surface area contributed by atoms with Gasteiger partial charge in [0.1, 0.15) is 5.82 Å². The molecule has 4 rings (SSSR count). The van der Waals surface area contributed by atoms with Crippen LogP contribution in [0.15, 0.2) is 53.3 Å². The van der Waals surface area contributed by atoms with Crippen molar-refractivity contribution in [3.8, 4) is 22.5 Å². The van der Waals surface area contributed by atoms with Crippen LogP contribution in [0, 0.1) is 5.92 Å². The van der Waals surface area contributed by atoms with Gasteiger partial charge < -0.3 is 0 Å². The molecular weight excluding hydrogens is 402 g/mol. The van der Waals surface area contributed by atoms with E-state index in [1.54, 1.807) is 4.68 Å². The molecule has 0 amide bonds. The molecule has 0 aliphatic rings. The number of hydrogen-bond donors (Lipinski definition) is 1. The fourth-order valence-corrected chi connectivity index (χ4v) is 3.74. The molecule has 2 aromatic heterocycles. The molecule has 4 aromatic rings. The van der Waals surface area contributed by atoms with Crippen molar-refractivity contribution in [3.05, 3.63) is 70.4 Å². The Balaban J connectivity index is 1.57. The minimum atomic E-state index is -0.0262. The summed E-state index contributed by atoms with van der Waals surface area (Å²) in [5.41, 5.74) is 4.12. The highest BCUT2D eigenvalue weighted by Crippen LogP contribution is 2.24. The van der Waals surface area contributed by atoms with Crippen molar-refractivity contribution in [2.45, 2.75) is 53.1 Å². The van der Waals surface area contributed by atoms with E-state index in [0.29, 0.717) is 24.8 Å². The highest BCUT2D eigenvalue weighted by Gasteiger charge is 2.14. The van der Waals surface area contributed by atoms with Crippen LogP contribution in [-0.2, 0) is 19.5 Å². The van der Waals surface area contributed by atoms with E-state index in [-0.39, 0.29) is 5.69 Å². The lowest BCUT2D eigenvalue weighted by molar-refractivity contribution is 0.465. The average molecular weight is 432 g/mol. The minimum Gasteiger partial charge on any atom is -0.274 e. The first-order valence-corrected chi connectivity index (χ1v) is 11.1. The van der Waals surface area contributed by atoms with Gasteiger partial charge in [0.15, 0.2) is 0 Å². The van der Waals surface area contributed by atoms with Gasteiger partial charge >= 0.3 is 5.69 Å². The van der Waals surface area contributed by atoms with E-state index in [1.807, 2.05) is 22.8 Å². The molecule has 0 radical (unpaired) electrons. The zero-order valence-corrected chi connectivity index (χ0v) is 18.8. The van der Waals surface area contributed by atoms with Gasteiger partial charge in [0.2, 0.25) is 5.82 Å². The topological polar surface area (TPSA) is 94.3 Å². The first-order valence-electron chi connectivity index (χ1n) is 11.1. The summed E-state index contributed by atoms with van der Waals surface area (Å²) in [6.45, 7) is 7.52. The van der Waals surface area contributed by atoms with Crippen LogP contribution in [0.1, 0.15) is 45.0 Å². The molecule has 8 heteroatoms. The zero-order valence-electron chi connectivity index (χ0n) is 18.8. The lowest BCUT2D eigenvalue weighted by Crippen LogP contribution is -2.27. The summed E-state index contributed by atoms with van der Waals surface area (Å²) in [7, 11) is 0. The number of hydrogen-bond acceptors (Lipinski definition) is 5. The van der Waals surface area contributed by atoms with Crippen LogP contribution in [0.3, 0.4) is 0 Å². The Morgan fingerprint density at radius 1 is 1.03 bits per heavy atom. The Kier molecular flexibility index (Phi) is 6.58. The first-order chi connectivity index (χ1) is 15.5. The predicted octanol–water partition coefficient (Wildman–Crippen LogP) is 3.94. The summed E-state index contributed by atoms with van der Waals surface area (Å²) in [6.07, 6.45) is 2.91. The van der Waals surface area contributed by atoms with Crippen molar-refractivity contribution in [1.29, 1.82) is 0 Å². The van der Waals surface area contributed by atoms with Gasteiger partial charge in [-0.05, 0) is 40.3 Å². The zero-order chi connectivity index (χ0) is 22.5. The van der Waals surface area contributed by atoms with Gasteiger partial charge in [-0.15, -0.1) is 10.2 Å². The van der Waals surface area contributed by atoms with Gasteiger partial charge in [0, 0.05) is 18.5 Å². The molecule has 32 heavy (non-hydrogen) atoms. The van der Waals surface area contributed by atoms with Crippen LogP contribution in [0.2, 0.25) is 0 Å². The summed E-state index contributed by atoms with van der Waals surface area (Å²) in [4.78, 5) is 13.0. The molecule has 0 spiro atoms.